The second-order valence-corrected chi connectivity index (χ2v) is 3.53. The molecule has 0 saturated carbocycles. The first-order valence-electron chi connectivity index (χ1n) is 4.21. The molecule has 1 fully saturated rings. The van der Waals surface area contributed by atoms with Gasteiger partial charge < -0.3 is 16.2 Å². The molecule has 0 radical (unpaired) electrons. The van der Waals surface area contributed by atoms with Crippen molar-refractivity contribution in [3.8, 4) is 0 Å². The van der Waals surface area contributed by atoms with Crippen molar-refractivity contribution in [3.63, 3.8) is 0 Å². The van der Waals surface area contributed by atoms with E-state index in [4.69, 9.17) is 16.2 Å². The minimum absolute atomic E-state index is 0.170. The maximum atomic E-state index is 11.0. The summed E-state index contributed by atoms with van der Waals surface area (Å²) in [6.07, 6.45) is 1.66. The Labute approximate surface area is 72.2 Å². The van der Waals surface area contributed by atoms with Crippen molar-refractivity contribution < 1.29 is 9.53 Å². The van der Waals surface area contributed by atoms with Gasteiger partial charge in [0.2, 0.25) is 5.91 Å². The van der Waals surface area contributed by atoms with E-state index in [2.05, 4.69) is 0 Å². The van der Waals surface area contributed by atoms with E-state index >= 15 is 0 Å². The smallest absolute Gasteiger partial charge is 0.237 e. The summed E-state index contributed by atoms with van der Waals surface area (Å²) in [5.74, 6) is -0.252. The number of carbonyl (C=O) groups is 1. The van der Waals surface area contributed by atoms with E-state index in [-0.39, 0.29) is 5.92 Å². The second kappa shape index (κ2) is 3.41. The minimum Gasteiger partial charge on any atom is -0.381 e. The number of hydrogen-bond acceptors (Lipinski definition) is 3. The number of ether oxygens (including phenoxy) is 1. The third-order valence-electron chi connectivity index (χ3n) is 2.60. The van der Waals surface area contributed by atoms with Gasteiger partial charge in [0.25, 0.3) is 0 Å². The van der Waals surface area contributed by atoms with Gasteiger partial charge in [-0.2, -0.15) is 0 Å². The van der Waals surface area contributed by atoms with Crippen LogP contribution in [0.3, 0.4) is 0 Å². The zero-order chi connectivity index (χ0) is 9.19. The molecule has 1 unspecified atom stereocenters. The third kappa shape index (κ3) is 1.76. The van der Waals surface area contributed by atoms with E-state index < -0.39 is 11.4 Å². The fourth-order valence-electron chi connectivity index (χ4n) is 1.50. The van der Waals surface area contributed by atoms with Gasteiger partial charge in [-0.1, -0.05) is 0 Å². The Morgan fingerprint density at radius 1 is 1.50 bits per heavy atom. The number of primary amides is 1. The van der Waals surface area contributed by atoms with E-state index in [9.17, 15) is 4.79 Å². The molecule has 1 atom stereocenters. The molecule has 4 nitrogen and oxygen atoms in total. The van der Waals surface area contributed by atoms with Gasteiger partial charge in [-0.25, -0.2) is 0 Å². The standard InChI is InChI=1S/C8H16N2O2/c1-8(10,7(9)11)6-2-4-12-5-3-6/h6H,2-5,10H2,1H3,(H2,9,11). The molecule has 1 amide bonds. The Balaban J connectivity index is 2.59. The van der Waals surface area contributed by atoms with Crippen molar-refractivity contribution in [2.24, 2.45) is 17.4 Å². The summed E-state index contributed by atoms with van der Waals surface area (Å²) >= 11 is 0. The van der Waals surface area contributed by atoms with Crippen molar-refractivity contribution in [3.05, 3.63) is 0 Å². The Kier molecular flexibility index (Phi) is 2.69. The zero-order valence-corrected chi connectivity index (χ0v) is 7.38. The first-order chi connectivity index (χ1) is 5.55. The van der Waals surface area contributed by atoms with Gasteiger partial charge in [-0.15, -0.1) is 0 Å². The average molecular weight is 172 g/mol. The first-order valence-corrected chi connectivity index (χ1v) is 4.21. The van der Waals surface area contributed by atoms with Gasteiger partial charge in [-0.3, -0.25) is 4.79 Å². The average Bonchev–Trinajstić information content (AvgIpc) is 2.06. The van der Waals surface area contributed by atoms with E-state index in [1.807, 2.05) is 0 Å². The minimum atomic E-state index is -0.871. The predicted octanol–water partition coefficient (Wildman–Crippen LogP) is -0.384. The molecule has 0 aromatic rings. The van der Waals surface area contributed by atoms with Crippen molar-refractivity contribution in [1.29, 1.82) is 0 Å². The Bertz CT molecular complexity index is 174. The molecule has 0 spiro atoms. The van der Waals surface area contributed by atoms with E-state index in [1.165, 1.54) is 0 Å². The maximum absolute atomic E-state index is 11.0. The molecular formula is C8H16N2O2. The first kappa shape index (κ1) is 9.48. The molecule has 0 aromatic carbocycles. The number of amides is 1. The van der Waals surface area contributed by atoms with Crippen LogP contribution in [0.1, 0.15) is 19.8 Å². The fraction of sp³-hybridized carbons (Fsp3) is 0.875. The van der Waals surface area contributed by atoms with Crippen molar-refractivity contribution in [2.75, 3.05) is 13.2 Å². The molecule has 0 bridgehead atoms. The van der Waals surface area contributed by atoms with Crippen LogP contribution < -0.4 is 11.5 Å². The highest BCUT2D eigenvalue weighted by molar-refractivity contribution is 5.84. The lowest BCUT2D eigenvalue weighted by atomic mass is 9.81. The second-order valence-electron chi connectivity index (χ2n) is 3.53. The Morgan fingerprint density at radius 3 is 2.42 bits per heavy atom. The van der Waals surface area contributed by atoms with E-state index in [0.29, 0.717) is 13.2 Å². The van der Waals surface area contributed by atoms with E-state index in [1.54, 1.807) is 6.92 Å². The van der Waals surface area contributed by atoms with E-state index in [0.717, 1.165) is 12.8 Å². The molecular weight excluding hydrogens is 156 g/mol. The lowest BCUT2D eigenvalue weighted by molar-refractivity contribution is -0.125. The number of rotatable bonds is 2. The number of hydrogen-bond donors (Lipinski definition) is 2. The quantitative estimate of drug-likeness (QED) is 0.595. The molecule has 4 N–H and O–H groups in total. The van der Waals surface area contributed by atoms with Crippen LogP contribution in [-0.4, -0.2) is 24.7 Å². The summed E-state index contributed by atoms with van der Waals surface area (Å²) in [6.45, 7) is 3.07. The fourth-order valence-corrected chi connectivity index (χ4v) is 1.50. The number of carbonyl (C=O) groups excluding carboxylic acids is 1. The van der Waals surface area contributed by atoms with Crippen LogP contribution in [0.2, 0.25) is 0 Å². The van der Waals surface area contributed by atoms with Crippen LogP contribution in [0.5, 0.6) is 0 Å². The van der Waals surface area contributed by atoms with Gasteiger partial charge in [0.05, 0.1) is 5.54 Å². The Morgan fingerprint density at radius 2 is 2.00 bits per heavy atom. The highest BCUT2D eigenvalue weighted by Gasteiger charge is 2.36. The molecule has 1 rings (SSSR count). The van der Waals surface area contributed by atoms with Crippen LogP contribution in [-0.2, 0) is 9.53 Å². The molecule has 1 aliphatic heterocycles. The molecule has 0 aromatic heterocycles. The lowest BCUT2D eigenvalue weighted by Crippen LogP contribution is -2.56. The molecule has 0 aliphatic carbocycles. The lowest BCUT2D eigenvalue weighted by Gasteiger charge is -2.33. The van der Waals surface area contributed by atoms with Gasteiger partial charge in [0.1, 0.15) is 0 Å². The highest BCUT2D eigenvalue weighted by Crippen LogP contribution is 2.24. The molecule has 4 heteroatoms. The van der Waals surface area contributed by atoms with Gasteiger partial charge >= 0.3 is 0 Å². The largest absolute Gasteiger partial charge is 0.381 e. The summed E-state index contributed by atoms with van der Waals surface area (Å²) < 4.78 is 5.17. The predicted molar refractivity (Wildman–Crippen MR) is 45.3 cm³/mol. The van der Waals surface area contributed by atoms with Gasteiger partial charge in [-0.05, 0) is 25.7 Å². The summed E-state index contributed by atoms with van der Waals surface area (Å²) in [5.41, 5.74) is 10.1. The monoisotopic (exact) mass is 172 g/mol. The van der Waals surface area contributed by atoms with Gasteiger partial charge in [0, 0.05) is 13.2 Å². The molecule has 1 heterocycles. The summed E-state index contributed by atoms with van der Waals surface area (Å²) in [7, 11) is 0. The topological polar surface area (TPSA) is 78.3 Å². The normalized spacial score (nSPS) is 24.8. The van der Waals surface area contributed by atoms with Crippen LogP contribution in [0.15, 0.2) is 0 Å². The maximum Gasteiger partial charge on any atom is 0.237 e. The van der Waals surface area contributed by atoms with Gasteiger partial charge in [0.15, 0.2) is 0 Å². The third-order valence-corrected chi connectivity index (χ3v) is 2.60. The highest BCUT2D eigenvalue weighted by atomic mass is 16.5. The molecule has 1 saturated heterocycles. The van der Waals surface area contributed by atoms with Crippen molar-refractivity contribution >= 4 is 5.91 Å². The molecule has 70 valence electrons. The molecule has 12 heavy (non-hydrogen) atoms. The van der Waals surface area contributed by atoms with Crippen LogP contribution in [0.4, 0.5) is 0 Å². The Hall–Kier alpha value is -0.610. The summed E-state index contributed by atoms with van der Waals surface area (Å²) in [5, 5.41) is 0. The summed E-state index contributed by atoms with van der Waals surface area (Å²) in [6, 6.07) is 0. The van der Waals surface area contributed by atoms with Crippen LogP contribution >= 0.6 is 0 Å². The molecule has 1 aliphatic rings. The zero-order valence-electron chi connectivity index (χ0n) is 7.38. The SMILES string of the molecule is CC(N)(C(N)=O)C1CCOCC1. The van der Waals surface area contributed by atoms with Crippen LogP contribution in [0.25, 0.3) is 0 Å². The summed E-state index contributed by atoms with van der Waals surface area (Å²) in [4.78, 5) is 11.0. The number of nitrogens with two attached hydrogens (primary N) is 2. The van der Waals surface area contributed by atoms with Crippen molar-refractivity contribution in [1.82, 2.24) is 0 Å². The van der Waals surface area contributed by atoms with Crippen molar-refractivity contribution in [2.45, 2.75) is 25.3 Å². The van der Waals surface area contributed by atoms with Crippen LogP contribution in [0, 0.1) is 5.92 Å².